The van der Waals surface area contributed by atoms with Crippen LogP contribution in [0.5, 0.6) is 0 Å². The zero-order valence-electron chi connectivity index (χ0n) is 9.97. The summed E-state index contributed by atoms with van der Waals surface area (Å²) in [5, 5.41) is 0.717. The minimum atomic E-state index is 0.717. The smallest absolute Gasteiger partial charge is 0.151 e. The minimum absolute atomic E-state index is 0.717. The number of rotatable bonds is 3. The van der Waals surface area contributed by atoms with Gasteiger partial charge < -0.3 is 5.73 Å². The standard InChI is InChI=1S/C14H11ClN2S2/c15-10-5-6-11(16)9(7-10)8-18-14-17-12-3-1-2-4-13(12)19-14/h1-7H,8,16H2. The van der Waals surface area contributed by atoms with Gasteiger partial charge in [-0.3, -0.25) is 0 Å². The molecule has 96 valence electrons. The van der Waals surface area contributed by atoms with Crippen molar-refractivity contribution in [2.75, 3.05) is 5.73 Å². The van der Waals surface area contributed by atoms with Gasteiger partial charge >= 0.3 is 0 Å². The van der Waals surface area contributed by atoms with Crippen molar-refractivity contribution in [1.29, 1.82) is 0 Å². The van der Waals surface area contributed by atoms with Crippen molar-refractivity contribution in [3.05, 3.63) is 53.1 Å². The summed E-state index contributed by atoms with van der Waals surface area (Å²) in [6.07, 6.45) is 0. The number of nitrogens with zero attached hydrogens (tertiary/aromatic N) is 1. The zero-order valence-corrected chi connectivity index (χ0v) is 12.4. The number of nitrogens with two attached hydrogens (primary N) is 1. The monoisotopic (exact) mass is 306 g/mol. The molecule has 1 heterocycles. The van der Waals surface area contributed by atoms with Crippen LogP contribution in [-0.4, -0.2) is 4.98 Å². The van der Waals surface area contributed by atoms with Crippen LogP contribution < -0.4 is 5.73 Å². The summed E-state index contributed by atoms with van der Waals surface area (Å²) in [6, 6.07) is 13.7. The van der Waals surface area contributed by atoms with E-state index in [4.69, 9.17) is 17.3 Å². The van der Waals surface area contributed by atoms with Crippen LogP contribution >= 0.6 is 34.7 Å². The van der Waals surface area contributed by atoms with Crippen molar-refractivity contribution in [3.63, 3.8) is 0 Å². The molecule has 0 aliphatic carbocycles. The van der Waals surface area contributed by atoms with E-state index < -0.39 is 0 Å². The van der Waals surface area contributed by atoms with Crippen molar-refractivity contribution in [3.8, 4) is 0 Å². The van der Waals surface area contributed by atoms with E-state index in [9.17, 15) is 0 Å². The first-order valence-corrected chi connectivity index (χ1v) is 7.92. The van der Waals surface area contributed by atoms with Gasteiger partial charge in [0.25, 0.3) is 0 Å². The van der Waals surface area contributed by atoms with Crippen LogP contribution in [0, 0.1) is 0 Å². The molecule has 0 aliphatic heterocycles. The Labute approximate surface area is 124 Å². The van der Waals surface area contributed by atoms with Crippen molar-refractivity contribution in [2.45, 2.75) is 10.1 Å². The van der Waals surface area contributed by atoms with Gasteiger partial charge in [-0.15, -0.1) is 11.3 Å². The van der Waals surface area contributed by atoms with Gasteiger partial charge in [-0.2, -0.15) is 0 Å². The Hall–Kier alpha value is -1.23. The van der Waals surface area contributed by atoms with Crippen molar-refractivity contribution in [2.24, 2.45) is 0 Å². The van der Waals surface area contributed by atoms with E-state index in [1.807, 2.05) is 36.4 Å². The topological polar surface area (TPSA) is 38.9 Å². The van der Waals surface area contributed by atoms with Gasteiger partial charge in [-0.05, 0) is 35.9 Å². The van der Waals surface area contributed by atoms with Gasteiger partial charge in [-0.25, -0.2) is 4.98 Å². The second-order valence-corrected chi connectivity index (χ2v) is 6.77. The lowest BCUT2D eigenvalue weighted by Gasteiger charge is -2.04. The van der Waals surface area contributed by atoms with Crippen LogP contribution in [0.2, 0.25) is 5.02 Å². The Morgan fingerprint density at radius 1 is 1.21 bits per heavy atom. The second kappa shape index (κ2) is 5.41. The van der Waals surface area contributed by atoms with E-state index in [2.05, 4.69) is 11.1 Å². The molecule has 0 unspecified atom stereocenters. The Balaban J connectivity index is 1.80. The van der Waals surface area contributed by atoms with E-state index in [1.165, 1.54) is 4.70 Å². The maximum atomic E-state index is 5.98. The van der Waals surface area contributed by atoms with Gasteiger partial charge in [-0.1, -0.05) is 35.5 Å². The highest BCUT2D eigenvalue weighted by atomic mass is 35.5. The summed E-state index contributed by atoms with van der Waals surface area (Å²) in [5.74, 6) is 0.784. The number of aromatic nitrogens is 1. The average molecular weight is 307 g/mol. The molecular formula is C14H11ClN2S2. The molecule has 0 fully saturated rings. The molecule has 0 radical (unpaired) electrons. The number of thioether (sulfide) groups is 1. The average Bonchev–Trinajstić information content (AvgIpc) is 2.82. The Kier molecular flexibility index (Phi) is 3.64. The first-order chi connectivity index (χ1) is 9.22. The van der Waals surface area contributed by atoms with Crippen LogP contribution in [0.4, 0.5) is 5.69 Å². The molecule has 0 bridgehead atoms. The highest BCUT2D eigenvalue weighted by Gasteiger charge is 2.06. The van der Waals surface area contributed by atoms with E-state index in [-0.39, 0.29) is 0 Å². The van der Waals surface area contributed by atoms with Crippen LogP contribution in [0.15, 0.2) is 46.8 Å². The normalized spacial score (nSPS) is 11.0. The molecule has 0 spiro atoms. The zero-order chi connectivity index (χ0) is 13.2. The highest BCUT2D eigenvalue weighted by molar-refractivity contribution is 8.00. The molecule has 0 atom stereocenters. The number of fused-ring (bicyclic) bond motifs is 1. The third-order valence-electron chi connectivity index (χ3n) is 2.73. The fourth-order valence-corrected chi connectivity index (χ4v) is 4.02. The third-order valence-corrected chi connectivity index (χ3v) is 5.19. The number of nitrogen functional groups attached to an aromatic ring is 1. The fourth-order valence-electron chi connectivity index (χ4n) is 1.75. The molecule has 1 aromatic heterocycles. The highest BCUT2D eigenvalue weighted by Crippen LogP contribution is 2.32. The molecule has 2 aromatic carbocycles. The van der Waals surface area contributed by atoms with Gasteiger partial charge in [0.1, 0.15) is 0 Å². The molecule has 2 N–H and O–H groups in total. The van der Waals surface area contributed by atoms with Crippen molar-refractivity contribution < 1.29 is 0 Å². The molecule has 0 saturated heterocycles. The summed E-state index contributed by atoms with van der Waals surface area (Å²) in [4.78, 5) is 4.59. The number of para-hydroxylation sites is 1. The maximum Gasteiger partial charge on any atom is 0.151 e. The molecule has 19 heavy (non-hydrogen) atoms. The van der Waals surface area contributed by atoms with Gasteiger partial charge in [0, 0.05) is 16.5 Å². The van der Waals surface area contributed by atoms with Gasteiger partial charge in [0.2, 0.25) is 0 Å². The van der Waals surface area contributed by atoms with E-state index in [0.717, 1.165) is 26.9 Å². The van der Waals surface area contributed by atoms with Crippen LogP contribution in [0.1, 0.15) is 5.56 Å². The number of benzene rings is 2. The first-order valence-electron chi connectivity index (χ1n) is 5.74. The van der Waals surface area contributed by atoms with Gasteiger partial charge in [0.15, 0.2) is 4.34 Å². The second-order valence-electron chi connectivity index (χ2n) is 4.08. The minimum Gasteiger partial charge on any atom is -0.398 e. The summed E-state index contributed by atoms with van der Waals surface area (Å²) in [5.41, 5.74) is 8.82. The third kappa shape index (κ3) is 2.86. The Morgan fingerprint density at radius 2 is 2.05 bits per heavy atom. The predicted molar refractivity (Wildman–Crippen MR) is 85.0 cm³/mol. The van der Waals surface area contributed by atoms with Crippen LogP contribution in [0.25, 0.3) is 10.2 Å². The predicted octanol–water partition coefficient (Wildman–Crippen LogP) is 4.82. The first kappa shape index (κ1) is 12.8. The quantitative estimate of drug-likeness (QED) is 0.557. The number of thiazole rings is 1. The summed E-state index contributed by atoms with van der Waals surface area (Å²) >= 11 is 9.38. The summed E-state index contributed by atoms with van der Waals surface area (Å²) in [6.45, 7) is 0. The molecule has 5 heteroatoms. The Morgan fingerprint density at radius 3 is 2.89 bits per heavy atom. The van der Waals surface area contributed by atoms with E-state index in [0.29, 0.717) is 5.02 Å². The van der Waals surface area contributed by atoms with E-state index >= 15 is 0 Å². The van der Waals surface area contributed by atoms with Crippen LogP contribution in [0.3, 0.4) is 0 Å². The number of anilines is 1. The molecular weight excluding hydrogens is 296 g/mol. The molecule has 0 aliphatic rings. The van der Waals surface area contributed by atoms with Crippen LogP contribution in [-0.2, 0) is 5.75 Å². The van der Waals surface area contributed by atoms with E-state index in [1.54, 1.807) is 23.1 Å². The summed E-state index contributed by atoms with van der Waals surface area (Å²) in [7, 11) is 0. The lowest BCUT2D eigenvalue weighted by atomic mass is 10.2. The number of hydrogen-bond acceptors (Lipinski definition) is 4. The molecule has 3 aromatic rings. The molecule has 3 rings (SSSR count). The molecule has 0 amide bonds. The van der Waals surface area contributed by atoms with Crippen molar-refractivity contribution in [1.82, 2.24) is 4.98 Å². The Bertz CT molecular complexity index is 691. The molecule has 2 nitrogen and oxygen atoms in total. The van der Waals surface area contributed by atoms with Gasteiger partial charge in [0.05, 0.1) is 10.2 Å². The lowest BCUT2D eigenvalue weighted by Crippen LogP contribution is -1.92. The van der Waals surface area contributed by atoms with Crippen molar-refractivity contribution >= 4 is 50.6 Å². The number of hydrogen-bond donors (Lipinski definition) is 1. The SMILES string of the molecule is Nc1ccc(Cl)cc1CSc1nc2ccccc2s1. The largest absolute Gasteiger partial charge is 0.398 e. The molecule has 0 saturated carbocycles. The fraction of sp³-hybridized carbons (Fsp3) is 0.0714. The lowest BCUT2D eigenvalue weighted by molar-refractivity contribution is 1.29. The maximum absolute atomic E-state index is 5.98. The summed E-state index contributed by atoms with van der Waals surface area (Å²) < 4.78 is 2.27. The number of halogens is 1.